The Balaban J connectivity index is 1.63. The average Bonchev–Trinajstić information content (AvgIpc) is 2.49. The highest BCUT2D eigenvalue weighted by Crippen LogP contribution is 2.19. The number of benzene rings is 1. The molecule has 106 valence electrons. The van der Waals surface area contributed by atoms with Crippen LogP contribution in [0.3, 0.4) is 0 Å². The monoisotopic (exact) mass is 274 g/mol. The minimum absolute atomic E-state index is 0.0120. The Morgan fingerprint density at radius 2 is 2.15 bits per heavy atom. The van der Waals surface area contributed by atoms with Crippen molar-refractivity contribution in [1.29, 1.82) is 0 Å². The number of piperazine rings is 1. The topological polar surface area (TPSA) is 66.0 Å². The number of nitrogens with zero attached hydrogens (tertiary/aromatic N) is 1. The van der Waals surface area contributed by atoms with Crippen molar-refractivity contribution in [1.82, 2.24) is 10.2 Å². The fourth-order valence-corrected chi connectivity index (χ4v) is 2.92. The van der Waals surface area contributed by atoms with Crippen LogP contribution in [0.5, 0.6) is 0 Å². The molecule has 3 N–H and O–H groups in total. The van der Waals surface area contributed by atoms with Gasteiger partial charge in [-0.2, -0.15) is 0 Å². The van der Waals surface area contributed by atoms with Crippen LogP contribution < -0.4 is 10.6 Å². The van der Waals surface area contributed by atoms with Crippen molar-refractivity contribution >= 4 is 11.8 Å². The summed E-state index contributed by atoms with van der Waals surface area (Å²) in [5.74, 6) is 0.0693. The lowest BCUT2D eigenvalue weighted by Crippen LogP contribution is -2.96. The average molecular weight is 274 g/mol. The lowest BCUT2D eigenvalue weighted by atomic mass is 9.99. The molecule has 0 spiro atoms. The first-order valence-corrected chi connectivity index (χ1v) is 7.19. The van der Waals surface area contributed by atoms with E-state index >= 15 is 0 Å². The predicted molar refractivity (Wildman–Crippen MR) is 73.8 cm³/mol. The van der Waals surface area contributed by atoms with Gasteiger partial charge in [-0.05, 0) is 17.5 Å². The number of nitrogens with two attached hydrogens (primary N) is 1. The number of hydrogen-bond acceptors (Lipinski definition) is 2. The lowest BCUT2D eigenvalue weighted by Gasteiger charge is -2.30. The fraction of sp³-hybridized carbons (Fsp3) is 0.467. The predicted octanol–water partition coefficient (Wildman–Crippen LogP) is -0.977. The van der Waals surface area contributed by atoms with Crippen molar-refractivity contribution < 1.29 is 14.9 Å². The molecule has 0 saturated carbocycles. The normalized spacial score (nSPS) is 22.1. The molecular weight excluding hydrogens is 254 g/mol. The third kappa shape index (κ3) is 2.67. The van der Waals surface area contributed by atoms with E-state index in [1.165, 1.54) is 11.1 Å². The molecule has 1 aromatic carbocycles. The van der Waals surface area contributed by atoms with E-state index in [1.807, 2.05) is 22.3 Å². The van der Waals surface area contributed by atoms with Gasteiger partial charge in [0.25, 0.3) is 5.91 Å². The molecule has 1 aromatic rings. The van der Waals surface area contributed by atoms with Gasteiger partial charge in [-0.3, -0.25) is 9.59 Å². The number of quaternary nitrogens is 1. The van der Waals surface area contributed by atoms with Gasteiger partial charge < -0.3 is 15.5 Å². The Hall–Kier alpha value is -1.88. The van der Waals surface area contributed by atoms with E-state index in [0.29, 0.717) is 19.5 Å². The van der Waals surface area contributed by atoms with Crippen molar-refractivity contribution in [2.75, 3.05) is 19.6 Å². The third-order valence-electron chi connectivity index (χ3n) is 4.11. The zero-order chi connectivity index (χ0) is 13.9. The molecule has 0 unspecified atom stereocenters. The van der Waals surface area contributed by atoms with Crippen molar-refractivity contribution in [3.63, 3.8) is 0 Å². The molecule has 1 saturated heterocycles. The second-order valence-corrected chi connectivity index (χ2v) is 5.46. The van der Waals surface area contributed by atoms with Crippen molar-refractivity contribution in [3.8, 4) is 0 Å². The van der Waals surface area contributed by atoms with Crippen LogP contribution in [0.25, 0.3) is 0 Å². The number of hydrogen-bond donors (Lipinski definition) is 2. The Bertz CT molecular complexity index is 530. The maximum absolute atomic E-state index is 12.3. The van der Waals surface area contributed by atoms with Crippen LogP contribution in [0.1, 0.15) is 17.5 Å². The first-order chi connectivity index (χ1) is 9.74. The molecule has 0 aromatic heterocycles. The van der Waals surface area contributed by atoms with Crippen LogP contribution in [0.2, 0.25) is 0 Å². The van der Waals surface area contributed by atoms with Gasteiger partial charge in [-0.25, -0.2) is 0 Å². The second-order valence-electron chi connectivity index (χ2n) is 5.46. The molecule has 5 heteroatoms. The maximum atomic E-state index is 12.3. The summed E-state index contributed by atoms with van der Waals surface area (Å²) in [5.41, 5.74) is 2.56. The van der Waals surface area contributed by atoms with Crippen LogP contribution in [0.4, 0.5) is 0 Å². The van der Waals surface area contributed by atoms with Crippen LogP contribution in [0.15, 0.2) is 24.3 Å². The van der Waals surface area contributed by atoms with Crippen molar-refractivity contribution in [3.05, 3.63) is 35.4 Å². The molecule has 5 nitrogen and oxygen atoms in total. The summed E-state index contributed by atoms with van der Waals surface area (Å²) < 4.78 is 0. The highest BCUT2D eigenvalue weighted by molar-refractivity contribution is 5.87. The second kappa shape index (κ2) is 5.63. The highest BCUT2D eigenvalue weighted by Gasteiger charge is 2.30. The summed E-state index contributed by atoms with van der Waals surface area (Å²) >= 11 is 0. The maximum Gasteiger partial charge on any atom is 0.278 e. The van der Waals surface area contributed by atoms with E-state index in [-0.39, 0.29) is 17.9 Å². The van der Waals surface area contributed by atoms with Crippen LogP contribution in [-0.4, -0.2) is 42.4 Å². The highest BCUT2D eigenvalue weighted by atomic mass is 16.2. The quantitative estimate of drug-likeness (QED) is 0.728. The molecule has 1 atom stereocenters. The van der Waals surface area contributed by atoms with Gasteiger partial charge >= 0.3 is 0 Å². The largest absolute Gasteiger partial charge is 0.345 e. The summed E-state index contributed by atoms with van der Waals surface area (Å²) in [6, 6.07) is 7.99. The zero-order valence-electron chi connectivity index (χ0n) is 11.5. The summed E-state index contributed by atoms with van der Waals surface area (Å²) in [5, 5.41) is 4.78. The number of fused-ring (bicyclic) bond motifs is 1. The third-order valence-corrected chi connectivity index (χ3v) is 4.11. The molecule has 0 aliphatic carbocycles. The summed E-state index contributed by atoms with van der Waals surface area (Å²) in [6.45, 7) is 2.97. The summed E-state index contributed by atoms with van der Waals surface area (Å²) in [4.78, 5) is 25.9. The number of nitrogens with one attached hydrogen (secondary N) is 1. The lowest BCUT2D eigenvalue weighted by molar-refractivity contribution is -0.678. The van der Waals surface area contributed by atoms with E-state index in [4.69, 9.17) is 0 Å². The fourth-order valence-electron chi connectivity index (χ4n) is 2.92. The summed E-state index contributed by atoms with van der Waals surface area (Å²) in [6.07, 6.45) is 1.20. The van der Waals surface area contributed by atoms with Gasteiger partial charge in [0.1, 0.15) is 0 Å². The molecule has 20 heavy (non-hydrogen) atoms. The smallest absolute Gasteiger partial charge is 0.278 e. The number of amides is 2. The molecule has 2 amide bonds. The summed E-state index contributed by atoms with van der Waals surface area (Å²) in [7, 11) is 0. The van der Waals surface area contributed by atoms with Crippen LogP contribution in [-0.2, 0) is 22.6 Å². The number of carbonyl (C=O) groups excluding carboxylic acids is 2. The Morgan fingerprint density at radius 3 is 2.95 bits per heavy atom. The number of carbonyl (C=O) groups is 2. The Kier molecular flexibility index (Phi) is 3.69. The molecule has 2 heterocycles. The van der Waals surface area contributed by atoms with E-state index in [1.54, 1.807) is 0 Å². The van der Waals surface area contributed by atoms with Crippen molar-refractivity contribution in [2.45, 2.75) is 25.4 Å². The molecular formula is C15H20N3O2+. The van der Waals surface area contributed by atoms with Gasteiger partial charge in [0, 0.05) is 13.1 Å². The molecule has 3 rings (SSSR count). The van der Waals surface area contributed by atoms with Gasteiger partial charge in [0.15, 0.2) is 6.04 Å². The van der Waals surface area contributed by atoms with Gasteiger partial charge in [0.2, 0.25) is 5.91 Å². The SMILES string of the molecule is O=C1NCC[NH2+][C@@H]1CC(=O)N1CCc2ccccc2C1. The van der Waals surface area contributed by atoms with E-state index in [9.17, 15) is 9.59 Å². The molecule has 1 fully saturated rings. The minimum Gasteiger partial charge on any atom is -0.345 e. The van der Waals surface area contributed by atoms with Gasteiger partial charge in [0.05, 0.1) is 19.5 Å². The Labute approximate surface area is 118 Å². The molecule has 0 radical (unpaired) electrons. The molecule has 2 aliphatic heterocycles. The van der Waals surface area contributed by atoms with Gasteiger partial charge in [-0.1, -0.05) is 24.3 Å². The van der Waals surface area contributed by atoms with E-state index in [0.717, 1.165) is 19.5 Å². The van der Waals surface area contributed by atoms with Crippen LogP contribution >= 0.6 is 0 Å². The number of rotatable bonds is 2. The van der Waals surface area contributed by atoms with Crippen molar-refractivity contribution in [2.24, 2.45) is 0 Å². The standard InChI is InChI=1S/C15H19N3O2/c19-14(9-13-15(20)17-7-6-16-13)18-8-5-11-3-1-2-4-12(11)10-18/h1-4,13,16H,5-10H2,(H,17,20)/p+1/t13-/m1/s1. The minimum atomic E-state index is -0.256. The zero-order valence-corrected chi connectivity index (χ0v) is 11.5. The van der Waals surface area contributed by atoms with E-state index < -0.39 is 0 Å². The first kappa shape index (κ1) is 13.1. The molecule has 0 bridgehead atoms. The van der Waals surface area contributed by atoms with Gasteiger partial charge in [-0.15, -0.1) is 0 Å². The first-order valence-electron chi connectivity index (χ1n) is 7.19. The van der Waals surface area contributed by atoms with Crippen LogP contribution in [0, 0.1) is 0 Å². The van der Waals surface area contributed by atoms with E-state index in [2.05, 4.69) is 17.4 Å². The Morgan fingerprint density at radius 1 is 1.35 bits per heavy atom. The molecule has 2 aliphatic rings.